The number of nitrogens with one attached hydrogen (secondary N) is 3. The van der Waals surface area contributed by atoms with Crippen LogP contribution in [0.25, 0.3) is 11.2 Å². The Morgan fingerprint density at radius 2 is 2.06 bits per heavy atom. The lowest BCUT2D eigenvalue weighted by Crippen LogP contribution is -2.37. The van der Waals surface area contributed by atoms with Gasteiger partial charge in [-0.05, 0) is 32.5 Å². The second-order valence-electron chi connectivity index (χ2n) is 4.56. The Morgan fingerprint density at radius 3 is 2.71 bits per heavy atom. The molecule has 2 aromatic heterocycles. The van der Waals surface area contributed by atoms with Crippen molar-refractivity contribution in [2.24, 2.45) is 0 Å². The molecule has 0 aliphatic carbocycles. The number of pyridine rings is 1. The van der Waals surface area contributed by atoms with Gasteiger partial charge in [0.25, 0.3) is 0 Å². The van der Waals surface area contributed by atoms with Gasteiger partial charge in [0.05, 0.1) is 11.1 Å². The number of hydrogen-bond donors (Lipinski definition) is 3. The van der Waals surface area contributed by atoms with Crippen LogP contribution >= 0.6 is 0 Å². The topological polar surface area (TPSA) is 65.6 Å². The Labute approximate surface area is 101 Å². The van der Waals surface area contributed by atoms with Crippen molar-refractivity contribution in [1.82, 2.24) is 20.3 Å². The van der Waals surface area contributed by atoms with Gasteiger partial charge in [-0.25, -0.2) is 9.97 Å². The average Bonchev–Trinajstić information content (AvgIpc) is 2.72. The van der Waals surface area contributed by atoms with Crippen LogP contribution in [0.2, 0.25) is 0 Å². The van der Waals surface area contributed by atoms with E-state index in [1.165, 1.54) is 0 Å². The molecule has 2 aromatic rings. The first kappa shape index (κ1) is 11.9. The summed E-state index contributed by atoms with van der Waals surface area (Å²) in [5.41, 5.74) is 1.54. The minimum Gasteiger partial charge on any atom is -0.373 e. The lowest BCUT2D eigenvalue weighted by molar-refractivity contribution is 0.395. The van der Waals surface area contributed by atoms with E-state index in [0.29, 0.717) is 0 Å². The molecule has 5 nitrogen and oxygen atoms in total. The van der Waals surface area contributed by atoms with Crippen molar-refractivity contribution in [1.29, 1.82) is 0 Å². The monoisotopic (exact) mass is 233 g/mol. The first-order valence-corrected chi connectivity index (χ1v) is 5.87. The first-order chi connectivity index (χ1) is 8.06. The van der Waals surface area contributed by atoms with Gasteiger partial charge in [0.1, 0.15) is 11.6 Å². The largest absolute Gasteiger partial charge is 0.373 e. The van der Waals surface area contributed by atoms with Crippen molar-refractivity contribution in [3.8, 4) is 0 Å². The summed E-state index contributed by atoms with van der Waals surface area (Å²) in [6, 6.07) is 3.93. The van der Waals surface area contributed by atoms with Crippen LogP contribution in [0.3, 0.4) is 0 Å². The number of hydrogen-bond acceptors (Lipinski definition) is 4. The molecule has 17 heavy (non-hydrogen) atoms. The van der Waals surface area contributed by atoms with Gasteiger partial charge < -0.3 is 15.6 Å². The zero-order chi connectivity index (χ0) is 12.5. The maximum absolute atomic E-state index is 4.54. The Kier molecular flexibility index (Phi) is 3.02. The predicted molar refractivity (Wildman–Crippen MR) is 70.1 cm³/mol. The summed E-state index contributed by atoms with van der Waals surface area (Å²) in [5.74, 6) is 1.74. The zero-order valence-corrected chi connectivity index (χ0v) is 10.8. The summed E-state index contributed by atoms with van der Waals surface area (Å²) in [4.78, 5) is 12.3. The van der Waals surface area contributed by atoms with Crippen LogP contribution in [0.1, 0.15) is 26.6 Å². The number of imidazole rings is 1. The highest BCUT2D eigenvalue weighted by Gasteiger charge is 2.23. The highest BCUT2D eigenvalue weighted by atomic mass is 15.1. The second-order valence-corrected chi connectivity index (χ2v) is 4.56. The molecule has 0 spiro atoms. The maximum atomic E-state index is 4.54. The molecule has 0 aromatic carbocycles. The zero-order valence-electron chi connectivity index (χ0n) is 10.8. The fourth-order valence-electron chi connectivity index (χ4n) is 1.85. The third-order valence-electron chi connectivity index (χ3n) is 2.81. The smallest absolute Gasteiger partial charge is 0.179 e. The lowest BCUT2D eigenvalue weighted by Gasteiger charge is -2.22. The van der Waals surface area contributed by atoms with E-state index in [4.69, 9.17) is 0 Å². The summed E-state index contributed by atoms with van der Waals surface area (Å²) in [6.07, 6.45) is 0. The van der Waals surface area contributed by atoms with Gasteiger partial charge in [0.15, 0.2) is 5.65 Å². The van der Waals surface area contributed by atoms with Gasteiger partial charge in [0.2, 0.25) is 0 Å². The number of aromatic nitrogens is 3. The van der Waals surface area contributed by atoms with E-state index >= 15 is 0 Å². The normalized spacial score (nSPS) is 12.0. The van der Waals surface area contributed by atoms with Gasteiger partial charge in [-0.1, -0.05) is 6.92 Å². The van der Waals surface area contributed by atoms with E-state index < -0.39 is 0 Å². The fraction of sp³-hybridized carbons (Fsp3) is 0.500. The minimum absolute atomic E-state index is 0.171. The molecule has 0 saturated heterocycles. The molecule has 2 heterocycles. The van der Waals surface area contributed by atoms with Crippen LogP contribution in [-0.4, -0.2) is 28.5 Å². The number of nitrogens with zero attached hydrogens (tertiary/aromatic N) is 2. The van der Waals surface area contributed by atoms with Crippen LogP contribution in [0.15, 0.2) is 12.1 Å². The van der Waals surface area contributed by atoms with E-state index in [9.17, 15) is 0 Å². The van der Waals surface area contributed by atoms with Crippen molar-refractivity contribution in [2.75, 3.05) is 18.9 Å². The van der Waals surface area contributed by atoms with E-state index in [1.54, 1.807) is 0 Å². The van der Waals surface area contributed by atoms with Crippen LogP contribution in [-0.2, 0) is 5.54 Å². The molecule has 0 aliphatic rings. The van der Waals surface area contributed by atoms with Crippen molar-refractivity contribution < 1.29 is 0 Å². The Morgan fingerprint density at radius 1 is 1.29 bits per heavy atom. The molecule has 0 unspecified atom stereocenters. The SMILES string of the molecule is CCNC(C)(C)c1nc2nc(NC)ccc2[nH]1. The van der Waals surface area contributed by atoms with Crippen molar-refractivity contribution in [3.63, 3.8) is 0 Å². The van der Waals surface area contributed by atoms with Crippen molar-refractivity contribution in [3.05, 3.63) is 18.0 Å². The average molecular weight is 233 g/mol. The Hall–Kier alpha value is -1.62. The summed E-state index contributed by atoms with van der Waals surface area (Å²) < 4.78 is 0. The molecule has 2 rings (SSSR count). The second kappa shape index (κ2) is 4.33. The third kappa shape index (κ3) is 2.24. The van der Waals surface area contributed by atoms with Gasteiger partial charge >= 0.3 is 0 Å². The highest BCUT2D eigenvalue weighted by molar-refractivity contribution is 5.73. The molecular weight excluding hydrogens is 214 g/mol. The highest BCUT2D eigenvalue weighted by Crippen LogP contribution is 2.20. The first-order valence-electron chi connectivity index (χ1n) is 5.87. The summed E-state index contributed by atoms with van der Waals surface area (Å²) in [5, 5.41) is 6.40. The van der Waals surface area contributed by atoms with Crippen LogP contribution in [0.5, 0.6) is 0 Å². The number of H-pyrrole nitrogens is 1. The minimum atomic E-state index is -0.171. The standard InChI is InChI=1S/C12H19N5/c1-5-14-12(2,3)11-15-8-6-7-9(13-4)16-10(8)17-11/h6-7,14H,5H2,1-4H3,(H2,13,15,16,17). The number of fused-ring (bicyclic) bond motifs is 1. The Balaban J connectivity index is 2.44. The van der Waals surface area contributed by atoms with Crippen LogP contribution in [0, 0.1) is 0 Å². The molecule has 92 valence electrons. The van der Waals surface area contributed by atoms with Gasteiger partial charge in [-0.3, -0.25) is 0 Å². The van der Waals surface area contributed by atoms with Gasteiger partial charge in [-0.15, -0.1) is 0 Å². The predicted octanol–water partition coefficient (Wildman–Crippen LogP) is 1.84. The number of anilines is 1. The molecule has 0 fully saturated rings. The molecule has 5 heteroatoms. The van der Waals surface area contributed by atoms with E-state index in [0.717, 1.165) is 29.4 Å². The van der Waals surface area contributed by atoms with Gasteiger partial charge in [0, 0.05) is 7.05 Å². The van der Waals surface area contributed by atoms with E-state index in [2.05, 4.69) is 46.4 Å². The van der Waals surface area contributed by atoms with E-state index in [-0.39, 0.29) is 5.54 Å². The van der Waals surface area contributed by atoms with E-state index in [1.807, 2.05) is 19.2 Å². The molecular formula is C12H19N5. The van der Waals surface area contributed by atoms with Crippen molar-refractivity contribution in [2.45, 2.75) is 26.3 Å². The number of rotatable bonds is 4. The molecule has 3 N–H and O–H groups in total. The molecule has 0 aliphatic heterocycles. The number of aromatic amines is 1. The van der Waals surface area contributed by atoms with Gasteiger partial charge in [-0.2, -0.15) is 0 Å². The Bertz CT molecular complexity index is 515. The molecule has 0 saturated carbocycles. The summed E-state index contributed by atoms with van der Waals surface area (Å²) in [6.45, 7) is 7.20. The quantitative estimate of drug-likeness (QED) is 0.754. The van der Waals surface area contributed by atoms with Crippen LogP contribution in [0.4, 0.5) is 5.82 Å². The molecule has 0 bridgehead atoms. The lowest BCUT2D eigenvalue weighted by atomic mass is 10.1. The fourth-order valence-corrected chi connectivity index (χ4v) is 1.85. The molecule has 0 amide bonds. The third-order valence-corrected chi connectivity index (χ3v) is 2.81. The van der Waals surface area contributed by atoms with Crippen molar-refractivity contribution >= 4 is 17.0 Å². The van der Waals surface area contributed by atoms with Crippen LogP contribution < -0.4 is 10.6 Å². The summed E-state index contributed by atoms with van der Waals surface area (Å²) >= 11 is 0. The maximum Gasteiger partial charge on any atom is 0.179 e. The molecule has 0 atom stereocenters. The molecule has 0 radical (unpaired) electrons. The summed E-state index contributed by atoms with van der Waals surface area (Å²) in [7, 11) is 1.85.